The molecule has 1 heterocycles. The molecule has 0 fully saturated rings. The van der Waals surface area contributed by atoms with Crippen molar-refractivity contribution in [3.05, 3.63) is 23.8 Å². The predicted octanol–water partition coefficient (Wildman–Crippen LogP) is 1.17. The number of nitrogens with zero attached hydrogens (tertiary/aromatic N) is 1. The van der Waals surface area contributed by atoms with Gasteiger partial charge in [-0.3, -0.25) is 0 Å². The van der Waals surface area contributed by atoms with E-state index in [0.29, 0.717) is 5.69 Å². The Balaban J connectivity index is 3.16. The van der Waals surface area contributed by atoms with Gasteiger partial charge in [0.25, 0.3) is 0 Å². The van der Waals surface area contributed by atoms with E-state index in [-0.39, 0.29) is 5.69 Å². The lowest BCUT2D eigenvalue weighted by Crippen LogP contribution is -1.94. The fourth-order valence-corrected chi connectivity index (χ4v) is 0.678. The number of nitrogens with two attached hydrogens (primary N) is 1. The molecule has 0 bridgehead atoms. The number of rotatable bonds is 0. The minimum absolute atomic E-state index is 0.277. The van der Waals surface area contributed by atoms with Gasteiger partial charge in [-0.15, -0.1) is 0 Å². The third kappa shape index (κ3) is 1.68. The summed E-state index contributed by atoms with van der Waals surface area (Å²) in [4.78, 5) is 3.69. The van der Waals surface area contributed by atoms with E-state index in [1.807, 2.05) is 0 Å². The van der Waals surface area contributed by atoms with E-state index < -0.39 is 5.82 Å². The highest BCUT2D eigenvalue weighted by Gasteiger charge is 1.97. The van der Waals surface area contributed by atoms with Crippen molar-refractivity contribution in [1.29, 1.82) is 0 Å². The fourth-order valence-electron chi connectivity index (χ4n) is 0.678. The Morgan fingerprint density at radius 1 is 1.64 bits per heavy atom. The Labute approximate surface area is 64.3 Å². The number of hydrogen-bond acceptors (Lipinski definition) is 2. The van der Waals surface area contributed by atoms with Gasteiger partial charge >= 0.3 is 0 Å². The van der Waals surface area contributed by atoms with E-state index in [4.69, 9.17) is 5.73 Å². The lowest BCUT2D eigenvalue weighted by molar-refractivity contribution is 0.622. The Kier molecular flexibility index (Phi) is 2.07. The average Bonchev–Trinajstić information content (AvgIpc) is 1.95. The zero-order valence-electron chi connectivity index (χ0n) is 6.06. The van der Waals surface area contributed by atoms with E-state index in [0.717, 1.165) is 6.20 Å². The van der Waals surface area contributed by atoms with Gasteiger partial charge in [0.15, 0.2) is 0 Å². The minimum atomic E-state index is -0.441. The zero-order valence-corrected chi connectivity index (χ0v) is 6.06. The third-order valence-electron chi connectivity index (χ3n) is 1.13. The van der Waals surface area contributed by atoms with Crippen LogP contribution in [0.1, 0.15) is 12.6 Å². The van der Waals surface area contributed by atoms with Crippen LogP contribution in [0.25, 0.3) is 0 Å². The topological polar surface area (TPSA) is 38.9 Å². The zero-order chi connectivity index (χ0) is 8.27. The molecule has 1 rings (SSSR count). The molecule has 11 heavy (non-hydrogen) atoms. The number of halogens is 1. The fraction of sp³-hybridized carbons (Fsp3) is 0.125. The number of pyridine rings is 1. The summed E-state index contributed by atoms with van der Waals surface area (Å²) in [7, 11) is 0. The van der Waals surface area contributed by atoms with Crippen LogP contribution in [0.5, 0.6) is 0 Å². The predicted molar refractivity (Wildman–Crippen MR) is 41.2 cm³/mol. The van der Waals surface area contributed by atoms with Gasteiger partial charge in [0.1, 0.15) is 11.5 Å². The molecule has 0 aliphatic carbocycles. The number of nitrogen functional groups attached to an aromatic ring is 1. The summed E-state index contributed by atoms with van der Waals surface area (Å²) in [6.45, 7) is 1.67. The van der Waals surface area contributed by atoms with Crippen molar-refractivity contribution < 1.29 is 4.39 Å². The van der Waals surface area contributed by atoms with Crippen molar-refractivity contribution in [1.82, 2.24) is 4.98 Å². The monoisotopic (exact) mass is 150 g/mol. The molecule has 3 heteroatoms. The molecule has 1 aromatic rings. The van der Waals surface area contributed by atoms with Crippen molar-refractivity contribution in [2.45, 2.75) is 6.92 Å². The van der Waals surface area contributed by atoms with Crippen LogP contribution in [0.3, 0.4) is 0 Å². The van der Waals surface area contributed by atoms with Crippen molar-refractivity contribution in [2.75, 3.05) is 5.73 Å². The summed E-state index contributed by atoms with van der Waals surface area (Å²) in [5.74, 6) is 4.84. The normalized spacial score (nSPS) is 8.55. The van der Waals surface area contributed by atoms with Crippen LogP contribution >= 0.6 is 0 Å². The summed E-state index contributed by atoms with van der Waals surface area (Å²) in [6, 6.07) is 1.20. The number of hydrogen-bond donors (Lipinski definition) is 1. The second kappa shape index (κ2) is 3.02. The van der Waals surface area contributed by atoms with E-state index >= 15 is 0 Å². The summed E-state index contributed by atoms with van der Waals surface area (Å²) in [6.07, 6.45) is 1.09. The quantitative estimate of drug-likeness (QED) is 0.564. The molecule has 0 radical (unpaired) electrons. The molecule has 0 aliphatic heterocycles. The van der Waals surface area contributed by atoms with Crippen LogP contribution in [0.2, 0.25) is 0 Å². The largest absolute Gasteiger partial charge is 0.396 e. The molecular formula is C8H7FN2. The van der Waals surface area contributed by atoms with Gasteiger partial charge in [-0.1, -0.05) is 5.92 Å². The highest BCUT2D eigenvalue weighted by molar-refractivity contribution is 5.51. The first-order chi connectivity index (χ1) is 5.24. The Hall–Kier alpha value is -1.56. The lowest BCUT2D eigenvalue weighted by atomic mass is 10.3. The maximum atomic E-state index is 12.4. The Bertz CT molecular complexity index is 323. The van der Waals surface area contributed by atoms with Crippen molar-refractivity contribution in [3.8, 4) is 11.8 Å². The van der Waals surface area contributed by atoms with Crippen molar-refractivity contribution >= 4 is 5.69 Å². The molecule has 1 aromatic heterocycles. The van der Waals surface area contributed by atoms with E-state index in [2.05, 4.69) is 16.8 Å². The van der Waals surface area contributed by atoms with E-state index in [9.17, 15) is 4.39 Å². The molecule has 0 saturated carbocycles. The summed E-state index contributed by atoms with van der Waals surface area (Å²) < 4.78 is 12.4. The first-order valence-electron chi connectivity index (χ1n) is 3.08. The minimum Gasteiger partial charge on any atom is -0.396 e. The molecule has 0 saturated heterocycles. The van der Waals surface area contributed by atoms with Crippen molar-refractivity contribution in [2.24, 2.45) is 0 Å². The van der Waals surface area contributed by atoms with Crippen LogP contribution in [-0.4, -0.2) is 4.98 Å². The number of aromatic nitrogens is 1. The molecule has 2 nitrogen and oxygen atoms in total. The highest BCUT2D eigenvalue weighted by Crippen LogP contribution is 2.07. The molecule has 2 N–H and O–H groups in total. The van der Waals surface area contributed by atoms with E-state index in [1.54, 1.807) is 6.92 Å². The smallest absolute Gasteiger partial charge is 0.143 e. The molecule has 0 aromatic carbocycles. The van der Waals surface area contributed by atoms with Gasteiger partial charge < -0.3 is 5.73 Å². The molecule has 0 aliphatic rings. The maximum Gasteiger partial charge on any atom is 0.143 e. The highest BCUT2D eigenvalue weighted by atomic mass is 19.1. The maximum absolute atomic E-state index is 12.4. The molecule has 0 amide bonds. The number of anilines is 1. The first kappa shape index (κ1) is 7.55. The average molecular weight is 150 g/mol. The van der Waals surface area contributed by atoms with Crippen LogP contribution < -0.4 is 5.73 Å². The van der Waals surface area contributed by atoms with Crippen LogP contribution in [0.4, 0.5) is 10.1 Å². The van der Waals surface area contributed by atoms with Gasteiger partial charge in [-0.2, -0.15) is 0 Å². The summed E-state index contributed by atoms with van der Waals surface area (Å²) in [5, 5.41) is 0. The van der Waals surface area contributed by atoms with Gasteiger partial charge in [0.2, 0.25) is 0 Å². The molecule has 0 unspecified atom stereocenters. The Morgan fingerprint density at radius 3 is 2.91 bits per heavy atom. The second-order valence-corrected chi connectivity index (χ2v) is 1.97. The summed E-state index contributed by atoms with van der Waals surface area (Å²) in [5.41, 5.74) is 6.10. The lowest BCUT2D eigenvalue weighted by Gasteiger charge is -1.94. The van der Waals surface area contributed by atoms with Gasteiger partial charge in [0.05, 0.1) is 11.9 Å². The van der Waals surface area contributed by atoms with Crippen LogP contribution in [0, 0.1) is 17.7 Å². The molecule has 56 valence electrons. The molecule has 0 atom stereocenters. The van der Waals surface area contributed by atoms with Gasteiger partial charge in [-0.05, 0) is 12.8 Å². The SMILES string of the molecule is CC#Cc1ncc(F)cc1N. The van der Waals surface area contributed by atoms with E-state index in [1.165, 1.54) is 6.07 Å². The molecule has 0 spiro atoms. The first-order valence-corrected chi connectivity index (χ1v) is 3.08. The third-order valence-corrected chi connectivity index (χ3v) is 1.13. The van der Waals surface area contributed by atoms with Crippen molar-refractivity contribution in [3.63, 3.8) is 0 Å². The standard InChI is InChI=1S/C8H7FN2/c1-2-3-8-7(10)4-6(9)5-11-8/h4-5H,10H2,1H3. The molecular weight excluding hydrogens is 143 g/mol. The van der Waals surface area contributed by atoms with Gasteiger partial charge in [0, 0.05) is 6.07 Å². The van der Waals surface area contributed by atoms with Gasteiger partial charge in [-0.25, -0.2) is 9.37 Å². The Morgan fingerprint density at radius 2 is 2.36 bits per heavy atom. The summed E-state index contributed by atoms with van der Waals surface area (Å²) >= 11 is 0. The second-order valence-electron chi connectivity index (χ2n) is 1.97. The van der Waals surface area contributed by atoms with Crippen LogP contribution in [0.15, 0.2) is 12.3 Å². The van der Waals surface area contributed by atoms with Crippen LogP contribution in [-0.2, 0) is 0 Å².